The van der Waals surface area contributed by atoms with Gasteiger partial charge in [-0.05, 0) is 140 Å². The van der Waals surface area contributed by atoms with Crippen molar-refractivity contribution >= 4 is 44.9 Å². The summed E-state index contributed by atoms with van der Waals surface area (Å²) in [6, 6.07) is 87.4. The molecule has 0 bridgehead atoms. The third-order valence-corrected chi connectivity index (χ3v) is 14.2. The topological polar surface area (TPSA) is 6.48 Å². The molecule has 2 nitrogen and oxygen atoms in total. The lowest BCUT2D eigenvalue weighted by molar-refractivity contribution is 0.627. The van der Waals surface area contributed by atoms with Crippen LogP contribution >= 0.6 is 0 Å². The van der Waals surface area contributed by atoms with Crippen LogP contribution < -0.4 is 9.80 Å². The second-order valence-electron chi connectivity index (χ2n) is 17.8. The van der Waals surface area contributed by atoms with Gasteiger partial charge >= 0.3 is 0 Å². The molecule has 0 atom stereocenters. The van der Waals surface area contributed by atoms with E-state index in [9.17, 15) is 8.78 Å². The lowest BCUT2D eigenvalue weighted by Crippen LogP contribution is -2.26. The molecule has 0 aromatic heterocycles. The first-order valence-electron chi connectivity index (χ1n) is 23.4. The molecule has 69 heavy (non-hydrogen) atoms. The number of benzene rings is 11. The Morgan fingerprint density at radius 2 is 0.710 bits per heavy atom. The van der Waals surface area contributed by atoms with E-state index in [0.717, 1.165) is 78.3 Å². The molecular formula is C65H42F2N2. The number of hydrogen-bond acceptors (Lipinski definition) is 2. The standard InChI is InChI=1S/C65H42F2N2/c66-45-31-35-47(36-32-45)68(61-29-15-11-21-50(61)43-17-3-1-4-18-43)49-39-40-56-59(41-49)65(57-27-13-9-23-52(57)53-24-10-14-28-58(53)65)60-42-63(54-25-7-8-26-55(54)64(56)60)69(48-37-33-46(67)34-38-48)62-30-16-12-22-51(62)44-19-5-2-6-20-44/h1-42H. The van der Waals surface area contributed by atoms with E-state index in [1.807, 2.05) is 36.4 Å². The molecule has 0 amide bonds. The summed E-state index contributed by atoms with van der Waals surface area (Å²) in [5.74, 6) is -0.583. The zero-order valence-corrected chi connectivity index (χ0v) is 37.4. The fourth-order valence-corrected chi connectivity index (χ4v) is 11.4. The first-order valence-corrected chi connectivity index (χ1v) is 23.4. The first kappa shape index (κ1) is 40.4. The molecule has 0 fully saturated rings. The fourth-order valence-electron chi connectivity index (χ4n) is 11.4. The summed E-state index contributed by atoms with van der Waals surface area (Å²) in [4.78, 5) is 4.59. The van der Waals surface area contributed by atoms with Gasteiger partial charge in [-0.1, -0.05) is 176 Å². The zero-order chi connectivity index (χ0) is 46.1. The summed E-state index contributed by atoms with van der Waals surface area (Å²) in [5, 5.41) is 2.19. The van der Waals surface area contributed by atoms with Crippen molar-refractivity contribution in [1.29, 1.82) is 0 Å². The van der Waals surface area contributed by atoms with Gasteiger partial charge in [0.25, 0.3) is 0 Å². The molecule has 0 radical (unpaired) electrons. The maximum absolute atomic E-state index is 15.0. The van der Waals surface area contributed by atoms with Crippen LogP contribution in [-0.4, -0.2) is 0 Å². The Kier molecular flexibility index (Phi) is 9.48. The third-order valence-electron chi connectivity index (χ3n) is 14.2. The van der Waals surface area contributed by atoms with E-state index in [2.05, 4.69) is 204 Å². The van der Waals surface area contributed by atoms with Crippen molar-refractivity contribution in [2.75, 3.05) is 9.80 Å². The van der Waals surface area contributed by atoms with Crippen LogP contribution in [0.1, 0.15) is 22.3 Å². The minimum atomic E-state index is -0.756. The Bertz CT molecular complexity index is 3710. The van der Waals surface area contributed by atoms with Gasteiger partial charge in [0.2, 0.25) is 0 Å². The van der Waals surface area contributed by atoms with Crippen LogP contribution in [0.5, 0.6) is 0 Å². The molecule has 0 saturated heterocycles. The van der Waals surface area contributed by atoms with Crippen LogP contribution in [0.2, 0.25) is 0 Å². The molecule has 11 aromatic carbocycles. The quantitative estimate of drug-likeness (QED) is 0.150. The van der Waals surface area contributed by atoms with Crippen molar-refractivity contribution in [3.05, 3.63) is 289 Å². The summed E-state index contributed by atoms with van der Waals surface area (Å²) in [5.41, 5.74) is 18.6. The number of rotatable bonds is 8. The van der Waals surface area contributed by atoms with Crippen LogP contribution in [0.15, 0.2) is 255 Å². The summed E-state index contributed by atoms with van der Waals surface area (Å²) in [6.45, 7) is 0. The molecule has 0 aliphatic heterocycles. The van der Waals surface area contributed by atoms with Gasteiger partial charge < -0.3 is 9.80 Å². The number of para-hydroxylation sites is 2. The summed E-state index contributed by atoms with van der Waals surface area (Å²) < 4.78 is 29.8. The number of nitrogens with zero attached hydrogens (tertiary/aromatic N) is 2. The minimum absolute atomic E-state index is 0.290. The normalized spacial score (nSPS) is 12.6. The summed E-state index contributed by atoms with van der Waals surface area (Å²) in [6.07, 6.45) is 0. The monoisotopic (exact) mass is 888 g/mol. The van der Waals surface area contributed by atoms with Gasteiger partial charge in [0.05, 0.1) is 22.5 Å². The molecule has 0 unspecified atom stereocenters. The molecule has 1 spiro atoms. The van der Waals surface area contributed by atoms with Crippen molar-refractivity contribution in [2.24, 2.45) is 0 Å². The minimum Gasteiger partial charge on any atom is -0.310 e. The highest BCUT2D eigenvalue weighted by molar-refractivity contribution is 6.13. The Morgan fingerprint density at radius 1 is 0.275 bits per heavy atom. The van der Waals surface area contributed by atoms with E-state index in [1.165, 1.54) is 45.5 Å². The van der Waals surface area contributed by atoms with E-state index >= 15 is 0 Å². The molecule has 11 aromatic rings. The number of hydrogen-bond donors (Lipinski definition) is 0. The summed E-state index contributed by atoms with van der Waals surface area (Å²) in [7, 11) is 0. The van der Waals surface area contributed by atoms with Gasteiger partial charge in [-0.2, -0.15) is 0 Å². The largest absolute Gasteiger partial charge is 0.310 e. The fraction of sp³-hybridized carbons (Fsp3) is 0.0154. The van der Waals surface area contributed by atoms with Crippen LogP contribution in [0, 0.1) is 11.6 Å². The van der Waals surface area contributed by atoms with Crippen molar-refractivity contribution in [2.45, 2.75) is 5.41 Å². The Labute approximate surface area is 400 Å². The maximum Gasteiger partial charge on any atom is 0.123 e. The Balaban J connectivity index is 1.13. The molecule has 326 valence electrons. The van der Waals surface area contributed by atoms with Gasteiger partial charge in [0.15, 0.2) is 0 Å². The molecule has 4 heteroatoms. The molecule has 0 N–H and O–H groups in total. The third kappa shape index (κ3) is 6.29. The highest BCUT2D eigenvalue weighted by Gasteiger charge is 2.53. The average molecular weight is 889 g/mol. The van der Waals surface area contributed by atoms with Gasteiger partial charge in [-0.3, -0.25) is 0 Å². The summed E-state index contributed by atoms with van der Waals surface area (Å²) >= 11 is 0. The van der Waals surface area contributed by atoms with Crippen molar-refractivity contribution in [3.8, 4) is 44.5 Å². The van der Waals surface area contributed by atoms with Crippen LogP contribution in [-0.2, 0) is 5.41 Å². The van der Waals surface area contributed by atoms with Crippen LogP contribution in [0.25, 0.3) is 55.3 Å². The zero-order valence-electron chi connectivity index (χ0n) is 37.4. The second kappa shape index (κ2) is 16.2. The SMILES string of the molecule is Fc1ccc(N(c2ccc3c(c2)C2(c4ccccc4-c4ccccc42)c2cc(N(c4ccc(F)cc4)c4ccccc4-c4ccccc4)c4ccccc4c2-3)c2ccccc2-c2ccccc2)cc1. The molecule has 13 rings (SSSR count). The molecule has 0 saturated carbocycles. The predicted molar refractivity (Wildman–Crippen MR) is 280 cm³/mol. The smallest absolute Gasteiger partial charge is 0.123 e. The van der Waals surface area contributed by atoms with Crippen molar-refractivity contribution in [1.82, 2.24) is 0 Å². The van der Waals surface area contributed by atoms with E-state index < -0.39 is 5.41 Å². The van der Waals surface area contributed by atoms with Crippen molar-refractivity contribution < 1.29 is 8.78 Å². The molecule has 2 aliphatic carbocycles. The molecule has 2 aliphatic rings. The van der Waals surface area contributed by atoms with Crippen LogP contribution in [0.4, 0.5) is 42.9 Å². The average Bonchev–Trinajstić information content (AvgIpc) is 3.88. The lowest BCUT2D eigenvalue weighted by atomic mass is 9.70. The maximum atomic E-state index is 15.0. The Hall–Kier alpha value is -8.86. The van der Waals surface area contributed by atoms with Crippen LogP contribution in [0.3, 0.4) is 0 Å². The number of fused-ring (bicyclic) bond motifs is 12. The highest BCUT2D eigenvalue weighted by Crippen LogP contribution is 2.65. The first-order chi connectivity index (χ1) is 34.1. The van der Waals surface area contributed by atoms with Gasteiger partial charge in [-0.25, -0.2) is 8.78 Å². The van der Waals surface area contributed by atoms with E-state index in [0.29, 0.717) is 0 Å². The van der Waals surface area contributed by atoms with Gasteiger partial charge in [-0.15, -0.1) is 0 Å². The van der Waals surface area contributed by atoms with Gasteiger partial charge in [0.1, 0.15) is 11.6 Å². The second-order valence-corrected chi connectivity index (χ2v) is 17.8. The van der Waals surface area contributed by atoms with Gasteiger partial charge in [0, 0.05) is 33.6 Å². The number of anilines is 6. The number of halogens is 2. The molecular weight excluding hydrogens is 847 g/mol. The van der Waals surface area contributed by atoms with Crippen molar-refractivity contribution in [3.63, 3.8) is 0 Å². The highest BCUT2D eigenvalue weighted by atomic mass is 19.1. The molecule has 0 heterocycles. The van der Waals surface area contributed by atoms with E-state index in [1.54, 1.807) is 12.1 Å². The van der Waals surface area contributed by atoms with E-state index in [-0.39, 0.29) is 11.6 Å². The lowest BCUT2D eigenvalue weighted by Gasteiger charge is -2.34. The predicted octanol–water partition coefficient (Wildman–Crippen LogP) is 17.7. The van der Waals surface area contributed by atoms with E-state index in [4.69, 9.17) is 0 Å². The Morgan fingerprint density at radius 3 is 1.28 bits per heavy atom.